The van der Waals surface area contributed by atoms with Crippen LogP contribution in [0.4, 0.5) is 4.79 Å². The summed E-state index contributed by atoms with van der Waals surface area (Å²) < 4.78 is 10.9. The van der Waals surface area contributed by atoms with Gasteiger partial charge in [-0.05, 0) is 18.4 Å². The highest BCUT2D eigenvalue weighted by Crippen LogP contribution is 2.30. The maximum absolute atomic E-state index is 12.3. The van der Waals surface area contributed by atoms with Crippen LogP contribution in [0.5, 0.6) is 5.75 Å². The van der Waals surface area contributed by atoms with Crippen molar-refractivity contribution < 1.29 is 14.3 Å². The van der Waals surface area contributed by atoms with Crippen molar-refractivity contribution in [2.75, 3.05) is 7.11 Å². The molecule has 2 rings (SSSR count). The van der Waals surface area contributed by atoms with Gasteiger partial charge < -0.3 is 9.47 Å². The average molecular weight is 303 g/mol. The number of carbonyl (C=O) groups is 1. The van der Waals surface area contributed by atoms with Crippen molar-refractivity contribution in [2.24, 2.45) is 5.92 Å². The summed E-state index contributed by atoms with van der Waals surface area (Å²) in [6, 6.07) is 7.86. The standard InChI is InChI=1S/C18H25NO3/c1-5-8-17-15(11-13(2)3)19(18(20)22-17)12-14-9-6-7-10-16(14)21-4/h5-7,9-10,13,15,17H,1,8,11-12H2,2-4H3/t15-,17-/m1/s1. The van der Waals surface area contributed by atoms with Crippen LogP contribution in [0.15, 0.2) is 36.9 Å². The van der Waals surface area contributed by atoms with E-state index in [9.17, 15) is 4.79 Å². The van der Waals surface area contributed by atoms with Gasteiger partial charge in [0.2, 0.25) is 0 Å². The third-order valence-electron chi connectivity index (χ3n) is 3.96. The number of rotatable bonds is 7. The highest BCUT2D eigenvalue weighted by Gasteiger charge is 2.41. The molecule has 1 saturated heterocycles. The second kappa shape index (κ2) is 7.34. The van der Waals surface area contributed by atoms with Crippen LogP contribution >= 0.6 is 0 Å². The first-order valence-electron chi connectivity index (χ1n) is 7.76. The molecule has 4 heteroatoms. The summed E-state index contributed by atoms with van der Waals surface area (Å²) in [5.74, 6) is 1.29. The monoisotopic (exact) mass is 303 g/mol. The first-order chi connectivity index (χ1) is 10.6. The summed E-state index contributed by atoms with van der Waals surface area (Å²) in [6.07, 6.45) is 3.06. The molecular weight excluding hydrogens is 278 g/mol. The van der Waals surface area contributed by atoms with Crippen molar-refractivity contribution in [1.29, 1.82) is 0 Å². The van der Waals surface area contributed by atoms with Gasteiger partial charge in [0.15, 0.2) is 0 Å². The van der Waals surface area contributed by atoms with Gasteiger partial charge in [0.05, 0.1) is 19.7 Å². The Morgan fingerprint density at radius 1 is 1.41 bits per heavy atom. The van der Waals surface area contributed by atoms with Gasteiger partial charge in [0, 0.05) is 12.0 Å². The summed E-state index contributed by atoms with van der Waals surface area (Å²) in [7, 11) is 1.65. The van der Waals surface area contributed by atoms with E-state index >= 15 is 0 Å². The molecule has 4 nitrogen and oxygen atoms in total. The zero-order chi connectivity index (χ0) is 16.1. The average Bonchev–Trinajstić information content (AvgIpc) is 2.76. The number of hydrogen-bond donors (Lipinski definition) is 0. The SMILES string of the molecule is C=CC[C@H]1OC(=O)N(Cc2ccccc2OC)[C@@H]1CC(C)C. The van der Waals surface area contributed by atoms with E-state index < -0.39 is 0 Å². The molecule has 0 unspecified atom stereocenters. The predicted molar refractivity (Wildman–Crippen MR) is 86.9 cm³/mol. The number of methoxy groups -OCH3 is 1. The highest BCUT2D eigenvalue weighted by atomic mass is 16.6. The topological polar surface area (TPSA) is 38.8 Å². The Hall–Kier alpha value is -1.97. The summed E-state index contributed by atoms with van der Waals surface area (Å²) in [5.41, 5.74) is 0.995. The van der Waals surface area contributed by atoms with E-state index in [1.807, 2.05) is 35.2 Å². The Bertz CT molecular complexity index is 527. The minimum Gasteiger partial charge on any atom is -0.496 e. The van der Waals surface area contributed by atoms with Gasteiger partial charge in [-0.15, -0.1) is 6.58 Å². The van der Waals surface area contributed by atoms with Crippen LogP contribution in [0.25, 0.3) is 0 Å². The smallest absolute Gasteiger partial charge is 0.410 e. The zero-order valence-electron chi connectivity index (χ0n) is 13.6. The van der Waals surface area contributed by atoms with E-state index in [1.165, 1.54) is 0 Å². The lowest BCUT2D eigenvalue weighted by molar-refractivity contribution is 0.129. The zero-order valence-corrected chi connectivity index (χ0v) is 13.6. The number of para-hydroxylation sites is 1. The lowest BCUT2D eigenvalue weighted by Crippen LogP contribution is -2.37. The van der Waals surface area contributed by atoms with Crippen LogP contribution in [0.3, 0.4) is 0 Å². The van der Waals surface area contributed by atoms with Crippen LogP contribution < -0.4 is 4.74 Å². The van der Waals surface area contributed by atoms with Crippen LogP contribution in [0.1, 0.15) is 32.3 Å². The highest BCUT2D eigenvalue weighted by molar-refractivity contribution is 5.71. The van der Waals surface area contributed by atoms with Crippen LogP contribution in [-0.2, 0) is 11.3 Å². The molecule has 0 saturated carbocycles. The van der Waals surface area contributed by atoms with E-state index in [0.29, 0.717) is 18.9 Å². The summed E-state index contributed by atoms with van der Waals surface area (Å²) in [4.78, 5) is 14.1. The van der Waals surface area contributed by atoms with Crippen molar-refractivity contribution in [3.05, 3.63) is 42.5 Å². The molecule has 0 radical (unpaired) electrons. The Kier molecular flexibility index (Phi) is 5.47. The van der Waals surface area contributed by atoms with E-state index in [1.54, 1.807) is 7.11 Å². The molecule has 120 valence electrons. The lowest BCUT2D eigenvalue weighted by atomic mass is 9.96. The van der Waals surface area contributed by atoms with Crippen LogP contribution in [-0.4, -0.2) is 30.2 Å². The molecular formula is C18H25NO3. The van der Waals surface area contributed by atoms with Crippen LogP contribution in [0, 0.1) is 5.92 Å². The van der Waals surface area contributed by atoms with Gasteiger partial charge in [-0.1, -0.05) is 38.1 Å². The summed E-state index contributed by atoms with van der Waals surface area (Å²) in [5, 5.41) is 0. The third-order valence-corrected chi connectivity index (χ3v) is 3.96. The van der Waals surface area contributed by atoms with Gasteiger partial charge in [-0.25, -0.2) is 4.79 Å². The van der Waals surface area contributed by atoms with Crippen molar-refractivity contribution in [3.8, 4) is 5.75 Å². The van der Waals surface area contributed by atoms with Gasteiger partial charge in [0.25, 0.3) is 0 Å². The molecule has 1 aliphatic rings. The van der Waals surface area contributed by atoms with Gasteiger partial charge in [0.1, 0.15) is 11.9 Å². The molecule has 1 amide bonds. The molecule has 1 heterocycles. The molecule has 2 atom stereocenters. The largest absolute Gasteiger partial charge is 0.496 e. The second-order valence-corrected chi connectivity index (χ2v) is 6.08. The molecule has 0 bridgehead atoms. The lowest BCUT2D eigenvalue weighted by Gasteiger charge is -2.26. The summed E-state index contributed by atoms with van der Waals surface area (Å²) >= 11 is 0. The molecule has 0 N–H and O–H groups in total. The first kappa shape index (κ1) is 16.4. The molecule has 1 aliphatic heterocycles. The normalized spacial score (nSPS) is 21.1. The maximum Gasteiger partial charge on any atom is 0.410 e. The van der Waals surface area contributed by atoms with Crippen molar-refractivity contribution in [2.45, 2.75) is 45.4 Å². The molecule has 1 fully saturated rings. The second-order valence-electron chi connectivity index (χ2n) is 6.08. The minimum absolute atomic E-state index is 0.0791. The van der Waals surface area contributed by atoms with Gasteiger partial charge in [-0.2, -0.15) is 0 Å². The number of benzene rings is 1. The summed E-state index contributed by atoms with van der Waals surface area (Å²) in [6.45, 7) is 8.60. The van der Waals surface area contributed by atoms with E-state index in [-0.39, 0.29) is 18.2 Å². The fraction of sp³-hybridized carbons (Fsp3) is 0.500. The molecule has 0 aliphatic carbocycles. The quantitative estimate of drug-likeness (QED) is 0.714. The van der Waals surface area contributed by atoms with Gasteiger partial charge >= 0.3 is 6.09 Å². The molecule has 0 spiro atoms. The van der Waals surface area contributed by atoms with Gasteiger partial charge in [-0.3, -0.25) is 4.90 Å². The Morgan fingerprint density at radius 2 is 2.14 bits per heavy atom. The first-order valence-corrected chi connectivity index (χ1v) is 7.76. The molecule has 1 aromatic carbocycles. The van der Waals surface area contributed by atoms with Crippen molar-refractivity contribution in [1.82, 2.24) is 4.90 Å². The number of cyclic esters (lactones) is 1. The van der Waals surface area contributed by atoms with Crippen molar-refractivity contribution in [3.63, 3.8) is 0 Å². The fourth-order valence-electron chi connectivity index (χ4n) is 2.94. The Labute approximate surface area is 132 Å². The fourth-order valence-corrected chi connectivity index (χ4v) is 2.94. The Balaban J connectivity index is 2.22. The maximum atomic E-state index is 12.3. The Morgan fingerprint density at radius 3 is 2.77 bits per heavy atom. The van der Waals surface area contributed by atoms with Crippen LogP contribution in [0.2, 0.25) is 0 Å². The molecule has 22 heavy (non-hydrogen) atoms. The number of ether oxygens (including phenoxy) is 2. The molecule has 1 aromatic rings. The van der Waals surface area contributed by atoms with Crippen molar-refractivity contribution >= 4 is 6.09 Å². The van der Waals surface area contributed by atoms with E-state index in [4.69, 9.17) is 9.47 Å². The number of amides is 1. The number of nitrogens with zero attached hydrogens (tertiary/aromatic N) is 1. The minimum atomic E-state index is -0.247. The predicted octanol–water partition coefficient (Wildman–Crippen LogP) is 4.01. The van der Waals surface area contributed by atoms with E-state index in [0.717, 1.165) is 17.7 Å². The number of hydrogen-bond acceptors (Lipinski definition) is 3. The molecule has 0 aromatic heterocycles. The number of carbonyl (C=O) groups excluding carboxylic acids is 1. The third kappa shape index (κ3) is 3.62. The van der Waals surface area contributed by atoms with E-state index in [2.05, 4.69) is 20.4 Å².